The SMILES string of the molecule is CN(CC1CCCNC1)C(=O)c1c[nH]ccc1=O. The van der Waals surface area contributed by atoms with Crippen LogP contribution in [0.2, 0.25) is 0 Å². The number of carbonyl (C=O) groups excluding carboxylic acids is 1. The lowest BCUT2D eigenvalue weighted by atomic mass is 9.99. The first-order valence-corrected chi connectivity index (χ1v) is 6.32. The first-order chi connectivity index (χ1) is 8.68. The average molecular weight is 249 g/mol. The maximum absolute atomic E-state index is 12.1. The molecular weight excluding hydrogens is 230 g/mol. The van der Waals surface area contributed by atoms with Gasteiger partial charge >= 0.3 is 0 Å². The van der Waals surface area contributed by atoms with E-state index < -0.39 is 0 Å². The van der Waals surface area contributed by atoms with Crippen LogP contribution in [0, 0.1) is 5.92 Å². The van der Waals surface area contributed by atoms with Crippen LogP contribution in [0.15, 0.2) is 23.3 Å². The van der Waals surface area contributed by atoms with Crippen LogP contribution in [-0.2, 0) is 0 Å². The van der Waals surface area contributed by atoms with Crippen molar-refractivity contribution < 1.29 is 4.79 Å². The van der Waals surface area contributed by atoms with Crippen molar-refractivity contribution in [1.82, 2.24) is 15.2 Å². The lowest BCUT2D eigenvalue weighted by molar-refractivity contribution is 0.0763. The van der Waals surface area contributed by atoms with Gasteiger partial charge in [-0.1, -0.05) is 0 Å². The fourth-order valence-electron chi connectivity index (χ4n) is 2.34. The Morgan fingerprint density at radius 3 is 3.06 bits per heavy atom. The predicted molar refractivity (Wildman–Crippen MR) is 69.6 cm³/mol. The summed E-state index contributed by atoms with van der Waals surface area (Å²) in [5, 5.41) is 3.32. The van der Waals surface area contributed by atoms with Crippen LogP contribution < -0.4 is 10.7 Å². The van der Waals surface area contributed by atoms with Gasteiger partial charge in [0.05, 0.1) is 0 Å². The van der Waals surface area contributed by atoms with E-state index in [4.69, 9.17) is 0 Å². The van der Waals surface area contributed by atoms with Crippen molar-refractivity contribution in [2.45, 2.75) is 12.8 Å². The van der Waals surface area contributed by atoms with Gasteiger partial charge < -0.3 is 15.2 Å². The largest absolute Gasteiger partial charge is 0.367 e. The van der Waals surface area contributed by atoms with Crippen molar-refractivity contribution in [2.24, 2.45) is 5.92 Å². The second-order valence-corrected chi connectivity index (χ2v) is 4.82. The minimum absolute atomic E-state index is 0.206. The Balaban J connectivity index is 2.00. The number of nitrogens with one attached hydrogen (secondary N) is 2. The summed E-state index contributed by atoms with van der Waals surface area (Å²) in [6.07, 6.45) is 5.29. The van der Waals surface area contributed by atoms with Gasteiger partial charge in [-0.25, -0.2) is 0 Å². The molecular formula is C13H19N3O2. The molecule has 2 N–H and O–H groups in total. The molecule has 1 fully saturated rings. The minimum Gasteiger partial charge on any atom is -0.367 e. The van der Waals surface area contributed by atoms with Crippen LogP contribution in [-0.4, -0.2) is 42.5 Å². The molecule has 1 aliphatic heterocycles. The summed E-state index contributed by atoms with van der Waals surface area (Å²) in [5.74, 6) is 0.276. The third-order valence-electron chi connectivity index (χ3n) is 3.33. The average Bonchev–Trinajstić information content (AvgIpc) is 2.39. The molecule has 0 radical (unpaired) electrons. The summed E-state index contributed by atoms with van der Waals surface area (Å²) in [6.45, 7) is 2.70. The van der Waals surface area contributed by atoms with E-state index >= 15 is 0 Å². The zero-order valence-corrected chi connectivity index (χ0v) is 10.6. The van der Waals surface area contributed by atoms with Crippen LogP contribution in [0.25, 0.3) is 0 Å². The molecule has 0 aliphatic carbocycles. The number of hydrogen-bond donors (Lipinski definition) is 2. The zero-order chi connectivity index (χ0) is 13.0. The Bertz CT molecular complexity index is 463. The predicted octanol–water partition coefficient (Wildman–Crippen LogP) is 0.446. The highest BCUT2D eigenvalue weighted by Crippen LogP contribution is 2.11. The number of rotatable bonds is 3. The molecule has 1 atom stereocenters. The molecule has 0 bridgehead atoms. The number of hydrogen-bond acceptors (Lipinski definition) is 3. The van der Waals surface area contributed by atoms with Crippen molar-refractivity contribution in [1.29, 1.82) is 0 Å². The van der Waals surface area contributed by atoms with E-state index in [2.05, 4.69) is 10.3 Å². The molecule has 2 heterocycles. The smallest absolute Gasteiger partial charge is 0.259 e. The fraction of sp³-hybridized carbons (Fsp3) is 0.538. The third-order valence-corrected chi connectivity index (χ3v) is 3.33. The molecule has 2 rings (SSSR count). The number of carbonyl (C=O) groups is 1. The molecule has 1 amide bonds. The maximum Gasteiger partial charge on any atom is 0.259 e. The number of piperidine rings is 1. The molecule has 1 aromatic heterocycles. The number of nitrogens with zero attached hydrogens (tertiary/aromatic N) is 1. The Morgan fingerprint density at radius 2 is 2.39 bits per heavy atom. The quantitative estimate of drug-likeness (QED) is 0.817. The number of amides is 1. The number of aromatic nitrogens is 1. The third kappa shape index (κ3) is 2.98. The summed E-state index contributed by atoms with van der Waals surface area (Å²) in [6, 6.07) is 1.38. The number of aromatic amines is 1. The first kappa shape index (κ1) is 12.8. The van der Waals surface area contributed by atoms with Crippen molar-refractivity contribution in [3.8, 4) is 0 Å². The van der Waals surface area contributed by atoms with Gasteiger partial charge in [-0.15, -0.1) is 0 Å². The molecule has 1 unspecified atom stereocenters. The molecule has 18 heavy (non-hydrogen) atoms. The lowest BCUT2D eigenvalue weighted by Gasteiger charge is -2.27. The maximum atomic E-state index is 12.1. The van der Waals surface area contributed by atoms with Crippen molar-refractivity contribution in [3.05, 3.63) is 34.2 Å². The molecule has 0 aromatic carbocycles. The highest BCUT2D eigenvalue weighted by atomic mass is 16.2. The van der Waals surface area contributed by atoms with Gasteiger partial charge in [-0.05, 0) is 31.8 Å². The summed E-state index contributed by atoms with van der Waals surface area (Å²) >= 11 is 0. The number of pyridine rings is 1. The van der Waals surface area contributed by atoms with E-state index in [1.807, 2.05) is 0 Å². The van der Waals surface area contributed by atoms with Crippen molar-refractivity contribution in [3.63, 3.8) is 0 Å². The van der Waals surface area contributed by atoms with Crippen molar-refractivity contribution in [2.75, 3.05) is 26.7 Å². The van der Waals surface area contributed by atoms with Crippen LogP contribution in [0.4, 0.5) is 0 Å². The van der Waals surface area contributed by atoms with Gasteiger partial charge in [0.25, 0.3) is 5.91 Å². The second-order valence-electron chi connectivity index (χ2n) is 4.82. The van der Waals surface area contributed by atoms with E-state index in [1.165, 1.54) is 18.5 Å². The van der Waals surface area contributed by atoms with Gasteiger partial charge in [0, 0.05) is 32.1 Å². The first-order valence-electron chi connectivity index (χ1n) is 6.32. The molecule has 5 heteroatoms. The highest BCUT2D eigenvalue weighted by Gasteiger charge is 2.20. The molecule has 1 saturated heterocycles. The van der Waals surface area contributed by atoms with Crippen LogP contribution in [0.3, 0.4) is 0 Å². The van der Waals surface area contributed by atoms with Gasteiger partial charge in [0.2, 0.25) is 0 Å². The molecule has 1 aliphatic rings. The zero-order valence-electron chi connectivity index (χ0n) is 10.6. The minimum atomic E-state index is -0.229. The topological polar surface area (TPSA) is 65.2 Å². The van der Waals surface area contributed by atoms with E-state index in [0.29, 0.717) is 12.5 Å². The Kier molecular flexibility index (Phi) is 4.15. The normalized spacial score (nSPS) is 19.5. The molecule has 0 spiro atoms. The molecule has 1 aromatic rings. The van der Waals surface area contributed by atoms with Crippen LogP contribution in [0.5, 0.6) is 0 Å². The molecule has 98 valence electrons. The summed E-state index contributed by atoms with van der Waals surface area (Å²) in [7, 11) is 1.75. The molecule has 5 nitrogen and oxygen atoms in total. The summed E-state index contributed by atoms with van der Waals surface area (Å²) < 4.78 is 0. The van der Waals surface area contributed by atoms with Gasteiger partial charge in [0.1, 0.15) is 5.56 Å². The standard InChI is InChI=1S/C13H19N3O2/c1-16(9-10-3-2-5-14-7-10)13(18)11-8-15-6-4-12(11)17/h4,6,8,10,14H,2-3,5,7,9H2,1H3,(H,15,17). The summed E-state index contributed by atoms with van der Waals surface area (Å²) in [5.41, 5.74) is -0.0175. The van der Waals surface area contributed by atoms with Crippen LogP contribution in [0.1, 0.15) is 23.2 Å². The number of H-pyrrole nitrogens is 1. The van der Waals surface area contributed by atoms with E-state index in [1.54, 1.807) is 11.9 Å². The Labute approximate surface area is 106 Å². The lowest BCUT2D eigenvalue weighted by Crippen LogP contribution is -2.40. The Hall–Kier alpha value is -1.62. The summed E-state index contributed by atoms with van der Waals surface area (Å²) in [4.78, 5) is 28.1. The van der Waals surface area contributed by atoms with Crippen molar-refractivity contribution >= 4 is 5.91 Å². The second kappa shape index (κ2) is 5.82. The van der Waals surface area contributed by atoms with E-state index in [0.717, 1.165) is 25.9 Å². The highest BCUT2D eigenvalue weighted by molar-refractivity contribution is 5.93. The van der Waals surface area contributed by atoms with Crippen LogP contribution >= 0.6 is 0 Å². The monoisotopic (exact) mass is 249 g/mol. The van der Waals surface area contributed by atoms with Gasteiger partial charge in [-0.3, -0.25) is 9.59 Å². The Morgan fingerprint density at radius 1 is 1.56 bits per heavy atom. The van der Waals surface area contributed by atoms with E-state index in [-0.39, 0.29) is 16.9 Å². The fourth-order valence-corrected chi connectivity index (χ4v) is 2.34. The van der Waals surface area contributed by atoms with Gasteiger partial charge in [-0.2, -0.15) is 0 Å². The van der Waals surface area contributed by atoms with Gasteiger partial charge in [0.15, 0.2) is 5.43 Å². The van der Waals surface area contributed by atoms with E-state index in [9.17, 15) is 9.59 Å². The molecule has 0 saturated carbocycles.